The van der Waals surface area contributed by atoms with E-state index in [2.05, 4.69) is 20.6 Å². The van der Waals surface area contributed by atoms with E-state index in [0.717, 1.165) is 28.4 Å². The number of para-hydroxylation sites is 1. The van der Waals surface area contributed by atoms with E-state index in [1.54, 1.807) is 10.7 Å². The molecule has 1 amide bonds. The van der Waals surface area contributed by atoms with E-state index < -0.39 is 0 Å². The maximum absolute atomic E-state index is 12.7. The highest BCUT2D eigenvalue weighted by atomic mass is 32.1. The normalized spacial score (nSPS) is 10.7. The van der Waals surface area contributed by atoms with Gasteiger partial charge < -0.3 is 0 Å². The molecule has 0 aliphatic rings. The van der Waals surface area contributed by atoms with Crippen molar-refractivity contribution in [3.8, 4) is 16.9 Å². The Hall–Kier alpha value is -3.32. The fourth-order valence-electron chi connectivity index (χ4n) is 2.68. The van der Waals surface area contributed by atoms with E-state index in [1.165, 1.54) is 11.3 Å². The first-order valence-corrected chi connectivity index (χ1v) is 9.41. The number of aromatic nitrogens is 4. The third-order valence-electron chi connectivity index (χ3n) is 4.00. The van der Waals surface area contributed by atoms with Crippen molar-refractivity contribution in [3.05, 3.63) is 77.4 Å². The topological polar surface area (TPSA) is 72.7 Å². The Morgan fingerprint density at radius 1 is 1.04 bits per heavy atom. The fourth-order valence-corrected chi connectivity index (χ4v) is 3.36. The van der Waals surface area contributed by atoms with E-state index >= 15 is 0 Å². The average Bonchev–Trinajstić information content (AvgIpc) is 3.36. The van der Waals surface area contributed by atoms with Crippen LogP contribution in [0.2, 0.25) is 0 Å². The largest absolute Gasteiger partial charge is 0.295 e. The Morgan fingerprint density at radius 2 is 1.74 bits per heavy atom. The molecular weight excluding hydrogens is 358 g/mol. The summed E-state index contributed by atoms with van der Waals surface area (Å²) in [5.41, 5.74) is 3.04. The summed E-state index contributed by atoms with van der Waals surface area (Å²) in [6, 6.07) is 21.4. The van der Waals surface area contributed by atoms with Gasteiger partial charge in [-0.05, 0) is 24.6 Å². The average molecular weight is 375 g/mol. The zero-order valence-electron chi connectivity index (χ0n) is 14.7. The molecule has 0 saturated heterocycles. The number of anilines is 1. The molecule has 2 aromatic carbocycles. The van der Waals surface area contributed by atoms with Crippen LogP contribution in [0.15, 0.2) is 66.7 Å². The first-order chi connectivity index (χ1) is 13.2. The van der Waals surface area contributed by atoms with E-state index in [9.17, 15) is 4.79 Å². The second-order valence-electron chi connectivity index (χ2n) is 5.84. The first-order valence-electron chi connectivity index (χ1n) is 8.59. The number of hydrogen-bond acceptors (Lipinski definition) is 5. The van der Waals surface area contributed by atoms with Crippen LogP contribution in [0.5, 0.6) is 0 Å². The minimum atomic E-state index is -0.305. The van der Waals surface area contributed by atoms with Crippen LogP contribution < -0.4 is 5.32 Å². The molecule has 134 valence electrons. The van der Waals surface area contributed by atoms with Crippen LogP contribution in [-0.4, -0.2) is 25.9 Å². The first kappa shape index (κ1) is 17.1. The van der Waals surface area contributed by atoms with Crippen LogP contribution >= 0.6 is 11.3 Å². The summed E-state index contributed by atoms with van der Waals surface area (Å²) in [7, 11) is 0. The smallest absolute Gasteiger partial charge is 0.278 e. The Kier molecular flexibility index (Phi) is 4.76. The number of nitrogens with one attached hydrogen (secondary N) is 1. The minimum Gasteiger partial charge on any atom is -0.295 e. The second-order valence-corrected chi connectivity index (χ2v) is 6.90. The van der Waals surface area contributed by atoms with Gasteiger partial charge in [0.15, 0.2) is 5.69 Å². The molecule has 1 N–H and O–H groups in total. The Balaban J connectivity index is 1.71. The van der Waals surface area contributed by atoms with Gasteiger partial charge in [0.05, 0.1) is 11.4 Å². The highest BCUT2D eigenvalue weighted by Crippen LogP contribution is 2.24. The number of aryl methyl sites for hydroxylation is 1. The van der Waals surface area contributed by atoms with Crippen LogP contribution in [0, 0.1) is 0 Å². The monoisotopic (exact) mass is 375 g/mol. The van der Waals surface area contributed by atoms with Crippen LogP contribution in [-0.2, 0) is 6.42 Å². The number of carbonyl (C=O) groups excluding carboxylic acids is 1. The summed E-state index contributed by atoms with van der Waals surface area (Å²) in [5, 5.41) is 16.7. The molecule has 27 heavy (non-hydrogen) atoms. The second kappa shape index (κ2) is 7.51. The summed E-state index contributed by atoms with van der Waals surface area (Å²) < 4.78 is 1.78. The van der Waals surface area contributed by atoms with E-state index in [0.29, 0.717) is 10.8 Å². The van der Waals surface area contributed by atoms with Gasteiger partial charge in [0.25, 0.3) is 5.91 Å². The van der Waals surface area contributed by atoms with Crippen LogP contribution in [0.1, 0.15) is 22.4 Å². The molecule has 0 aliphatic heterocycles. The maximum atomic E-state index is 12.7. The van der Waals surface area contributed by atoms with E-state index in [1.807, 2.05) is 67.6 Å². The Labute approximate surface area is 160 Å². The van der Waals surface area contributed by atoms with Gasteiger partial charge in [-0.1, -0.05) is 66.8 Å². The number of rotatable bonds is 5. The number of benzene rings is 2. The van der Waals surface area contributed by atoms with Gasteiger partial charge in [0, 0.05) is 5.56 Å². The minimum absolute atomic E-state index is 0.305. The van der Waals surface area contributed by atoms with E-state index in [4.69, 9.17) is 0 Å². The molecule has 4 aromatic rings. The van der Waals surface area contributed by atoms with Gasteiger partial charge in [0.2, 0.25) is 5.13 Å². The molecule has 0 unspecified atom stereocenters. The lowest BCUT2D eigenvalue weighted by molar-refractivity contribution is 0.102. The van der Waals surface area contributed by atoms with Gasteiger partial charge in [0.1, 0.15) is 5.01 Å². The molecule has 0 fully saturated rings. The maximum Gasteiger partial charge on any atom is 0.278 e. The van der Waals surface area contributed by atoms with Crippen LogP contribution in [0.25, 0.3) is 16.9 Å². The molecule has 2 aromatic heterocycles. The Bertz CT molecular complexity index is 999. The molecule has 0 saturated carbocycles. The molecule has 0 aliphatic carbocycles. The van der Waals surface area contributed by atoms with Crippen molar-refractivity contribution in [2.24, 2.45) is 0 Å². The quantitative estimate of drug-likeness (QED) is 0.567. The molecule has 7 heteroatoms. The highest BCUT2D eigenvalue weighted by molar-refractivity contribution is 7.15. The Morgan fingerprint density at radius 3 is 2.41 bits per heavy atom. The standard InChI is InChI=1S/C20H17N5OS/c1-2-18-22-23-20(27-18)21-19(26)16-13-17(14-9-5-3-6-10-14)25(24-16)15-11-7-4-8-12-15/h3-13H,2H2,1H3,(H,21,23,26). The highest BCUT2D eigenvalue weighted by Gasteiger charge is 2.18. The zero-order valence-corrected chi connectivity index (χ0v) is 15.5. The van der Waals surface area contributed by atoms with Crippen molar-refractivity contribution in [2.45, 2.75) is 13.3 Å². The summed E-state index contributed by atoms with van der Waals surface area (Å²) in [6.45, 7) is 2.00. The lowest BCUT2D eigenvalue weighted by Crippen LogP contribution is -2.13. The van der Waals surface area contributed by atoms with Crippen molar-refractivity contribution < 1.29 is 4.79 Å². The van der Waals surface area contributed by atoms with Gasteiger partial charge in [-0.2, -0.15) is 5.10 Å². The number of carbonyl (C=O) groups is 1. The van der Waals surface area contributed by atoms with Crippen molar-refractivity contribution in [2.75, 3.05) is 5.32 Å². The molecule has 2 heterocycles. The van der Waals surface area contributed by atoms with Gasteiger partial charge >= 0.3 is 0 Å². The SMILES string of the molecule is CCc1nnc(NC(=O)c2cc(-c3ccccc3)n(-c3ccccc3)n2)s1. The zero-order chi connectivity index (χ0) is 18.6. The predicted molar refractivity (Wildman–Crippen MR) is 106 cm³/mol. The van der Waals surface area contributed by atoms with E-state index in [-0.39, 0.29) is 5.91 Å². The summed E-state index contributed by atoms with van der Waals surface area (Å²) in [5.74, 6) is -0.305. The van der Waals surface area contributed by atoms with Gasteiger partial charge in [-0.25, -0.2) is 4.68 Å². The molecule has 0 atom stereocenters. The number of amides is 1. The summed E-state index contributed by atoms with van der Waals surface area (Å²) in [4.78, 5) is 12.7. The van der Waals surface area contributed by atoms with Crippen LogP contribution in [0.3, 0.4) is 0 Å². The van der Waals surface area contributed by atoms with Crippen molar-refractivity contribution in [3.63, 3.8) is 0 Å². The molecule has 0 bridgehead atoms. The lowest BCUT2D eigenvalue weighted by Gasteiger charge is -2.07. The molecule has 0 spiro atoms. The molecule has 0 radical (unpaired) electrons. The van der Waals surface area contributed by atoms with Crippen molar-refractivity contribution >= 4 is 22.4 Å². The third kappa shape index (κ3) is 3.63. The van der Waals surface area contributed by atoms with Gasteiger partial charge in [-0.15, -0.1) is 10.2 Å². The van der Waals surface area contributed by atoms with Crippen molar-refractivity contribution in [1.29, 1.82) is 0 Å². The van der Waals surface area contributed by atoms with Gasteiger partial charge in [-0.3, -0.25) is 10.1 Å². The lowest BCUT2D eigenvalue weighted by atomic mass is 10.1. The summed E-state index contributed by atoms with van der Waals surface area (Å²) in [6.07, 6.45) is 0.786. The predicted octanol–water partition coefficient (Wildman–Crippen LogP) is 4.21. The third-order valence-corrected chi connectivity index (χ3v) is 4.99. The molecule has 4 rings (SSSR count). The molecule has 6 nitrogen and oxygen atoms in total. The fraction of sp³-hybridized carbons (Fsp3) is 0.100. The molecular formula is C20H17N5OS. The number of hydrogen-bond donors (Lipinski definition) is 1. The van der Waals surface area contributed by atoms with Crippen molar-refractivity contribution in [1.82, 2.24) is 20.0 Å². The summed E-state index contributed by atoms with van der Waals surface area (Å²) >= 11 is 1.37. The van der Waals surface area contributed by atoms with Crippen LogP contribution in [0.4, 0.5) is 5.13 Å². The number of nitrogens with zero attached hydrogens (tertiary/aromatic N) is 4.